The number of rotatable bonds is 7. The molecule has 3 aromatic carbocycles. The van der Waals surface area contributed by atoms with Gasteiger partial charge in [0.25, 0.3) is 0 Å². The number of ether oxygens (including phenoxy) is 3. The minimum atomic E-state index is 0.727. The fourth-order valence-electron chi connectivity index (χ4n) is 2.65. The number of anilines is 1. The molecule has 0 aliphatic rings. The van der Waals surface area contributed by atoms with Crippen molar-refractivity contribution in [2.45, 2.75) is 0 Å². The van der Waals surface area contributed by atoms with Crippen LogP contribution in [0.1, 0.15) is 11.1 Å². The highest BCUT2D eigenvalue weighted by Gasteiger charge is 2.09. The van der Waals surface area contributed by atoms with Crippen LogP contribution in [0.5, 0.6) is 17.2 Å². The van der Waals surface area contributed by atoms with Gasteiger partial charge in [-0.15, -0.1) is 0 Å². The maximum atomic E-state index is 5.38. The number of methoxy groups -OCH3 is 3. The topological polar surface area (TPSA) is 52.1 Å². The van der Waals surface area contributed by atoms with E-state index in [4.69, 9.17) is 14.2 Å². The van der Waals surface area contributed by atoms with E-state index >= 15 is 0 Å². The van der Waals surface area contributed by atoms with Crippen LogP contribution in [0.4, 0.5) is 5.69 Å². The van der Waals surface area contributed by atoms with E-state index in [-0.39, 0.29) is 0 Å². The Morgan fingerprint density at radius 1 is 0.667 bits per heavy atom. The second kappa shape index (κ2) is 8.76. The third kappa shape index (κ3) is 4.39. The van der Waals surface area contributed by atoms with Crippen molar-refractivity contribution in [1.29, 1.82) is 0 Å². The first-order chi connectivity index (χ1) is 13.2. The molecule has 0 saturated heterocycles. The molecule has 0 fully saturated rings. The summed E-state index contributed by atoms with van der Waals surface area (Å²) in [5.74, 6) is 2.32. The van der Waals surface area contributed by atoms with E-state index in [9.17, 15) is 0 Å². The predicted molar refractivity (Wildman–Crippen MR) is 108 cm³/mol. The van der Waals surface area contributed by atoms with Crippen molar-refractivity contribution in [1.82, 2.24) is 0 Å². The monoisotopic (exact) mass is 362 g/mol. The summed E-state index contributed by atoms with van der Waals surface area (Å²) in [6, 6.07) is 23.2. The Kier molecular flexibility index (Phi) is 5.94. The number of para-hydroxylation sites is 2. The second-order valence-corrected chi connectivity index (χ2v) is 5.73. The summed E-state index contributed by atoms with van der Waals surface area (Å²) in [6.45, 7) is 0. The average molecular weight is 362 g/mol. The van der Waals surface area contributed by atoms with E-state index in [0.717, 1.165) is 39.8 Å². The van der Waals surface area contributed by atoms with Gasteiger partial charge in [-0.05, 0) is 60.7 Å². The first kappa shape index (κ1) is 18.3. The van der Waals surface area contributed by atoms with Crippen molar-refractivity contribution in [3.8, 4) is 17.2 Å². The van der Waals surface area contributed by atoms with E-state index in [2.05, 4.69) is 10.5 Å². The molecule has 0 heterocycles. The molecule has 3 rings (SSSR count). The molecular weight excluding hydrogens is 340 g/mol. The fraction of sp³-hybridized carbons (Fsp3) is 0.136. The third-order valence-corrected chi connectivity index (χ3v) is 4.12. The summed E-state index contributed by atoms with van der Waals surface area (Å²) in [7, 11) is 4.94. The van der Waals surface area contributed by atoms with Gasteiger partial charge < -0.3 is 14.2 Å². The molecule has 0 amide bonds. The molecule has 1 N–H and O–H groups in total. The van der Waals surface area contributed by atoms with Gasteiger partial charge in [0.15, 0.2) is 0 Å². The fourth-order valence-corrected chi connectivity index (χ4v) is 2.65. The standard InChI is InChI=1S/C22H22N2O3/c1-25-18-12-8-16(9-13-18)22(17-10-14-19(26-2)15-11-17)24-23-20-6-4-5-7-21(20)27-3/h4-15,23H,1-3H3. The predicted octanol–water partition coefficient (Wildman–Crippen LogP) is 4.58. The summed E-state index contributed by atoms with van der Waals surface area (Å²) >= 11 is 0. The van der Waals surface area contributed by atoms with Crippen molar-refractivity contribution in [2.75, 3.05) is 26.8 Å². The van der Waals surface area contributed by atoms with Crippen LogP contribution >= 0.6 is 0 Å². The molecule has 0 radical (unpaired) electrons. The van der Waals surface area contributed by atoms with Crippen molar-refractivity contribution >= 4 is 11.4 Å². The maximum Gasteiger partial charge on any atom is 0.143 e. The highest BCUT2D eigenvalue weighted by molar-refractivity contribution is 6.13. The lowest BCUT2D eigenvalue weighted by Crippen LogP contribution is -2.07. The molecule has 0 unspecified atom stereocenters. The minimum Gasteiger partial charge on any atom is -0.497 e. The SMILES string of the molecule is COc1ccc(C(=NNc2ccccc2OC)c2ccc(OC)cc2)cc1. The molecule has 0 bridgehead atoms. The van der Waals surface area contributed by atoms with E-state index in [1.54, 1.807) is 21.3 Å². The van der Waals surface area contributed by atoms with E-state index in [0.29, 0.717) is 0 Å². The number of hydrogen-bond acceptors (Lipinski definition) is 5. The van der Waals surface area contributed by atoms with Crippen LogP contribution in [0.25, 0.3) is 0 Å². The second-order valence-electron chi connectivity index (χ2n) is 5.73. The van der Waals surface area contributed by atoms with Gasteiger partial charge >= 0.3 is 0 Å². The molecule has 0 aliphatic carbocycles. The average Bonchev–Trinajstić information content (AvgIpc) is 2.75. The molecule has 0 saturated carbocycles. The molecular formula is C22H22N2O3. The van der Waals surface area contributed by atoms with Gasteiger partial charge in [0.05, 0.1) is 32.7 Å². The summed E-state index contributed by atoms with van der Waals surface area (Å²) in [4.78, 5) is 0. The molecule has 0 spiro atoms. The van der Waals surface area contributed by atoms with Crippen LogP contribution in [0.15, 0.2) is 77.9 Å². The maximum absolute atomic E-state index is 5.38. The van der Waals surface area contributed by atoms with Crippen molar-refractivity contribution in [3.05, 3.63) is 83.9 Å². The number of benzene rings is 3. The number of nitrogens with zero attached hydrogens (tertiary/aromatic N) is 1. The Balaban J connectivity index is 1.99. The van der Waals surface area contributed by atoms with Crippen molar-refractivity contribution in [2.24, 2.45) is 5.10 Å². The number of hydrazone groups is 1. The quantitative estimate of drug-likeness (QED) is 0.494. The lowest BCUT2D eigenvalue weighted by atomic mass is 10.0. The Labute approximate surface area is 159 Å². The third-order valence-electron chi connectivity index (χ3n) is 4.12. The Morgan fingerprint density at radius 3 is 1.67 bits per heavy atom. The first-order valence-electron chi connectivity index (χ1n) is 8.50. The summed E-state index contributed by atoms with van der Waals surface area (Å²) in [6.07, 6.45) is 0. The zero-order valence-electron chi connectivity index (χ0n) is 15.6. The molecule has 0 aromatic heterocycles. The van der Waals surface area contributed by atoms with Crippen LogP contribution in [-0.2, 0) is 0 Å². The first-order valence-corrected chi connectivity index (χ1v) is 8.50. The van der Waals surface area contributed by atoms with Crippen molar-refractivity contribution < 1.29 is 14.2 Å². The normalized spacial score (nSPS) is 10.0. The highest BCUT2D eigenvalue weighted by atomic mass is 16.5. The molecule has 138 valence electrons. The van der Waals surface area contributed by atoms with Crippen LogP contribution < -0.4 is 19.6 Å². The van der Waals surface area contributed by atoms with Crippen LogP contribution in [0, 0.1) is 0 Å². The van der Waals surface area contributed by atoms with Gasteiger partial charge in [-0.25, -0.2) is 0 Å². The number of hydrogen-bond donors (Lipinski definition) is 1. The number of nitrogens with one attached hydrogen (secondary N) is 1. The van der Waals surface area contributed by atoms with Crippen LogP contribution in [0.3, 0.4) is 0 Å². The summed E-state index contributed by atoms with van der Waals surface area (Å²) < 4.78 is 15.9. The molecule has 0 atom stereocenters. The largest absolute Gasteiger partial charge is 0.497 e. The van der Waals surface area contributed by atoms with E-state index in [1.807, 2.05) is 72.8 Å². The molecule has 5 nitrogen and oxygen atoms in total. The van der Waals surface area contributed by atoms with Gasteiger partial charge in [0.1, 0.15) is 17.2 Å². The van der Waals surface area contributed by atoms with Gasteiger partial charge in [-0.3, -0.25) is 5.43 Å². The Morgan fingerprint density at radius 2 is 1.19 bits per heavy atom. The van der Waals surface area contributed by atoms with Gasteiger partial charge in [0, 0.05) is 11.1 Å². The van der Waals surface area contributed by atoms with Gasteiger partial charge in [-0.1, -0.05) is 12.1 Å². The van der Waals surface area contributed by atoms with Crippen LogP contribution in [-0.4, -0.2) is 27.0 Å². The molecule has 0 aliphatic heterocycles. The zero-order valence-corrected chi connectivity index (χ0v) is 15.6. The van der Waals surface area contributed by atoms with Crippen LogP contribution in [0.2, 0.25) is 0 Å². The highest BCUT2D eigenvalue weighted by Crippen LogP contribution is 2.24. The molecule has 5 heteroatoms. The minimum absolute atomic E-state index is 0.727. The smallest absolute Gasteiger partial charge is 0.143 e. The van der Waals surface area contributed by atoms with Crippen molar-refractivity contribution in [3.63, 3.8) is 0 Å². The Bertz CT molecular complexity index is 854. The van der Waals surface area contributed by atoms with Gasteiger partial charge in [-0.2, -0.15) is 5.10 Å². The van der Waals surface area contributed by atoms with E-state index in [1.165, 1.54) is 0 Å². The lowest BCUT2D eigenvalue weighted by Gasteiger charge is -2.12. The molecule has 27 heavy (non-hydrogen) atoms. The Hall–Kier alpha value is -3.47. The molecule has 3 aromatic rings. The summed E-state index contributed by atoms with van der Waals surface area (Å²) in [5, 5.41) is 4.66. The van der Waals surface area contributed by atoms with E-state index < -0.39 is 0 Å². The lowest BCUT2D eigenvalue weighted by molar-refractivity contribution is 0.414. The van der Waals surface area contributed by atoms with Gasteiger partial charge in [0.2, 0.25) is 0 Å². The summed E-state index contributed by atoms with van der Waals surface area (Å²) in [5.41, 5.74) is 6.63. The zero-order chi connectivity index (χ0) is 19.1.